The zero-order valence-electron chi connectivity index (χ0n) is 24.3. The molecule has 0 atom stereocenters. The van der Waals surface area contributed by atoms with Gasteiger partial charge in [-0.05, 0) is 91.6 Å². The van der Waals surface area contributed by atoms with Gasteiger partial charge in [-0.1, -0.05) is 53.7 Å². The van der Waals surface area contributed by atoms with E-state index < -0.39 is 0 Å². The van der Waals surface area contributed by atoms with Crippen molar-refractivity contribution in [3.63, 3.8) is 0 Å². The van der Waals surface area contributed by atoms with Crippen molar-refractivity contribution in [3.05, 3.63) is 45.3 Å². The number of aryl methyl sites for hydroxylation is 1. The van der Waals surface area contributed by atoms with Gasteiger partial charge < -0.3 is 20.1 Å². The van der Waals surface area contributed by atoms with E-state index in [4.69, 9.17) is 21.7 Å². The Kier molecular flexibility index (Phi) is 10.6. The van der Waals surface area contributed by atoms with Gasteiger partial charge in [0.2, 0.25) is 0 Å². The molecule has 2 aromatic rings. The van der Waals surface area contributed by atoms with Crippen LogP contribution < -0.4 is 15.4 Å². The van der Waals surface area contributed by atoms with Crippen LogP contribution in [0.3, 0.4) is 0 Å². The Morgan fingerprint density at radius 2 is 1.76 bits per heavy atom. The van der Waals surface area contributed by atoms with Gasteiger partial charge in [0.05, 0.1) is 19.3 Å². The molecule has 7 heteroatoms. The molecule has 5 nitrogen and oxygen atoms in total. The lowest BCUT2D eigenvalue weighted by Crippen LogP contribution is -2.29. The van der Waals surface area contributed by atoms with E-state index in [1.165, 1.54) is 23.1 Å². The van der Waals surface area contributed by atoms with Crippen molar-refractivity contribution in [2.75, 3.05) is 25.6 Å². The highest BCUT2D eigenvalue weighted by Crippen LogP contribution is 2.39. The summed E-state index contributed by atoms with van der Waals surface area (Å²) < 4.78 is 11.4. The number of ether oxygens (including phenoxy) is 2. The lowest BCUT2D eigenvalue weighted by Gasteiger charge is -2.30. The summed E-state index contributed by atoms with van der Waals surface area (Å²) in [6.07, 6.45) is 8.22. The first kappa shape index (κ1) is 30.4. The molecule has 3 rings (SSSR count). The fourth-order valence-electron chi connectivity index (χ4n) is 4.73. The molecular weight excluding hydrogens is 512 g/mol. The van der Waals surface area contributed by atoms with Crippen LogP contribution in [0.4, 0.5) is 5.00 Å². The Labute approximate surface area is 239 Å². The van der Waals surface area contributed by atoms with Crippen LogP contribution in [0.1, 0.15) is 112 Å². The molecule has 0 saturated carbocycles. The van der Waals surface area contributed by atoms with Crippen LogP contribution in [-0.4, -0.2) is 31.3 Å². The maximum Gasteiger partial charge on any atom is 0.341 e. The number of unbranched alkanes of at least 4 members (excludes halogenated alkanes) is 1. The molecule has 1 aliphatic carbocycles. The maximum atomic E-state index is 12.5. The zero-order valence-corrected chi connectivity index (χ0v) is 26.0. The van der Waals surface area contributed by atoms with Gasteiger partial charge in [-0.3, -0.25) is 0 Å². The van der Waals surface area contributed by atoms with Crippen LogP contribution in [0.25, 0.3) is 0 Å². The second-order valence-electron chi connectivity index (χ2n) is 11.5. The van der Waals surface area contributed by atoms with Crippen LogP contribution in [0.15, 0.2) is 18.2 Å². The number of nitrogens with one attached hydrogen (secondary N) is 2. The number of carbonyl (C=O) groups is 1. The molecule has 2 N–H and O–H groups in total. The normalized spacial score (nSPS) is 13.6. The lowest BCUT2D eigenvalue weighted by atomic mass is 9.76. The molecule has 38 heavy (non-hydrogen) atoms. The summed E-state index contributed by atoms with van der Waals surface area (Å²) in [5, 5.41) is 7.88. The minimum Gasteiger partial charge on any atom is -0.493 e. The quantitative estimate of drug-likeness (QED) is 0.157. The second-order valence-corrected chi connectivity index (χ2v) is 13.0. The van der Waals surface area contributed by atoms with Crippen molar-refractivity contribution in [2.45, 2.75) is 104 Å². The van der Waals surface area contributed by atoms with Crippen molar-refractivity contribution < 1.29 is 14.3 Å². The molecular formula is C31H46N2O3S2. The highest BCUT2D eigenvalue weighted by atomic mass is 32.1. The fourth-order valence-corrected chi connectivity index (χ4v) is 6.28. The molecule has 1 heterocycles. The monoisotopic (exact) mass is 558 g/mol. The van der Waals surface area contributed by atoms with Gasteiger partial charge in [-0.25, -0.2) is 4.79 Å². The molecule has 1 aromatic heterocycles. The Bertz CT molecular complexity index is 1120. The highest BCUT2D eigenvalue weighted by molar-refractivity contribution is 7.80. The zero-order chi connectivity index (χ0) is 27.9. The first-order chi connectivity index (χ1) is 18.0. The number of methoxy groups -OCH3 is 1. The van der Waals surface area contributed by atoms with Crippen LogP contribution >= 0.6 is 23.6 Å². The van der Waals surface area contributed by atoms with Crippen LogP contribution in [0.5, 0.6) is 5.75 Å². The third kappa shape index (κ3) is 7.29. The van der Waals surface area contributed by atoms with Crippen molar-refractivity contribution in [1.29, 1.82) is 0 Å². The molecule has 210 valence electrons. The Balaban J connectivity index is 1.52. The molecule has 0 bridgehead atoms. The van der Waals surface area contributed by atoms with Gasteiger partial charge in [0, 0.05) is 17.0 Å². The highest BCUT2D eigenvalue weighted by Gasteiger charge is 2.27. The third-order valence-corrected chi connectivity index (χ3v) is 9.61. The first-order valence-electron chi connectivity index (χ1n) is 14.1. The Morgan fingerprint density at radius 3 is 2.45 bits per heavy atom. The SMILES string of the molecule is CCC(C)(C)c1ccc(OCCCCNC(=S)Nc2sc3c(c2C(=O)OC)CCCC3)c(C(C)(C)CC)c1. The van der Waals surface area contributed by atoms with Crippen LogP contribution in [-0.2, 0) is 28.4 Å². The van der Waals surface area contributed by atoms with Gasteiger partial charge in [0.15, 0.2) is 5.11 Å². The van der Waals surface area contributed by atoms with E-state index in [0.717, 1.165) is 74.2 Å². The minimum absolute atomic E-state index is 0.0542. The van der Waals surface area contributed by atoms with Gasteiger partial charge >= 0.3 is 5.97 Å². The van der Waals surface area contributed by atoms with Crippen molar-refractivity contribution in [3.8, 4) is 5.75 Å². The lowest BCUT2D eigenvalue weighted by molar-refractivity contribution is 0.0601. The molecule has 0 amide bonds. The van der Waals surface area contributed by atoms with Crippen molar-refractivity contribution in [1.82, 2.24) is 5.32 Å². The van der Waals surface area contributed by atoms with E-state index in [1.807, 2.05) is 0 Å². The Hall–Kier alpha value is -2.12. The standard InChI is InChI=1S/C31H46N2O3S2/c1-8-30(3,4)21-16-17-24(23(20-21)31(5,6)9-2)36-19-13-12-18-32-29(37)33-27-26(28(34)35-7)22-14-10-11-15-25(22)38-27/h16-17,20H,8-15,18-19H2,1-7H3,(H2,32,33,37). The topological polar surface area (TPSA) is 59.6 Å². The van der Waals surface area contributed by atoms with Crippen LogP contribution in [0, 0.1) is 0 Å². The van der Waals surface area contributed by atoms with E-state index in [9.17, 15) is 4.79 Å². The summed E-state index contributed by atoms with van der Waals surface area (Å²) in [7, 11) is 1.43. The summed E-state index contributed by atoms with van der Waals surface area (Å²) in [6, 6.07) is 6.75. The molecule has 0 unspecified atom stereocenters. The number of hydrogen-bond acceptors (Lipinski definition) is 5. The Morgan fingerprint density at radius 1 is 1.05 bits per heavy atom. The smallest absolute Gasteiger partial charge is 0.341 e. The van der Waals surface area contributed by atoms with Crippen molar-refractivity contribution >= 4 is 39.6 Å². The number of esters is 1. The molecule has 0 radical (unpaired) electrons. The number of thiophene rings is 1. The molecule has 0 fully saturated rings. The summed E-state index contributed by atoms with van der Waals surface area (Å²) in [5.41, 5.74) is 4.66. The van der Waals surface area contributed by atoms with Crippen LogP contribution in [0.2, 0.25) is 0 Å². The van der Waals surface area contributed by atoms with Crippen molar-refractivity contribution in [2.24, 2.45) is 0 Å². The predicted octanol–water partition coefficient (Wildman–Crippen LogP) is 7.93. The molecule has 0 aliphatic heterocycles. The third-order valence-electron chi connectivity index (χ3n) is 8.16. The van der Waals surface area contributed by atoms with E-state index in [1.54, 1.807) is 11.3 Å². The number of fused-ring (bicyclic) bond motifs is 1. The number of carbonyl (C=O) groups excluding carboxylic acids is 1. The number of anilines is 1. The van der Waals surface area contributed by atoms with E-state index in [2.05, 4.69) is 70.4 Å². The van der Waals surface area contributed by atoms with E-state index in [-0.39, 0.29) is 16.8 Å². The molecule has 0 saturated heterocycles. The van der Waals surface area contributed by atoms with Gasteiger partial charge in [-0.15, -0.1) is 11.3 Å². The summed E-state index contributed by atoms with van der Waals surface area (Å²) in [6.45, 7) is 15.1. The fraction of sp³-hybridized carbons (Fsp3) is 0.613. The average Bonchev–Trinajstić information content (AvgIpc) is 3.27. The van der Waals surface area contributed by atoms with Gasteiger partial charge in [0.25, 0.3) is 0 Å². The average molecular weight is 559 g/mol. The number of hydrogen-bond donors (Lipinski definition) is 2. The number of thiocarbonyl (C=S) groups is 1. The number of benzene rings is 1. The maximum absolute atomic E-state index is 12.5. The van der Waals surface area contributed by atoms with Gasteiger partial charge in [-0.2, -0.15) is 0 Å². The van der Waals surface area contributed by atoms with E-state index in [0.29, 0.717) is 17.3 Å². The minimum atomic E-state index is -0.288. The van der Waals surface area contributed by atoms with E-state index >= 15 is 0 Å². The largest absolute Gasteiger partial charge is 0.493 e. The summed E-state index contributed by atoms with van der Waals surface area (Å²) in [4.78, 5) is 13.7. The second kappa shape index (κ2) is 13.3. The molecule has 1 aliphatic rings. The summed E-state index contributed by atoms with van der Waals surface area (Å²) in [5.74, 6) is 0.707. The number of rotatable bonds is 12. The molecule has 1 aromatic carbocycles. The van der Waals surface area contributed by atoms with Gasteiger partial charge in [0.1, 0.15) is 10.8 Å². The molecule has 0 spiro atoms. The first-order valence-corrected chi connectivity index (χ1v) is 15.3. The predicted molar refractivity (Wildman–Crippen MR) is 164 cm³/mol. The summed E-state index contributed by atoms with van der Waals surface area (Å²) >= 11 is 7.17.